The maximum absolute atomic E-state index is 12.4. The van der Waals surface area contributed by atoms with Gasteiger partial charge in [0.05, 0.1) is 11.3 Å². The maximum Gasteiger partial charge on any atom is 0.261 e. The van der Waals surface area contributed by atoms with E-state index in [1.54, 1.807) is 31.3 Å². The molecule has 20 heavy (non-hydrogen) atoms. The molecule has 0 saturated carbocycles. The predicted molar refractivity (Wildman–Crippen MR) is 73.0 cm³/mol. The molecule has 3 rings (SSSR count). The average Bonchev–Trinajstić information content (AvgIpc) is 2.55. The summed E-state index contributed by atoms with van der Waals surface area (Å²) in [4.78, 5) is 13.8. The number of nitrogens with one attached hydrogen (secondary N) is 1. The van der Waals surface area contributed by atoms with E-state index in [4.69, 9.17) is 4.74 Å². The summed E-state index contributed by atoms with van der Waals surface area (Å²) in [5.74, 6) is 0.459. The molecular formula is C14H11N2O4-. The van der Waals surface area contributed by atoms with E-state index in [1.165, 1.54) is 23.1 Å². The summed E-state index contributed by atoms with van der Waals surface area (Å²) in [6.45, 7) is 0. The molecule has 1 aliphatic heterocycles. The number of amides is 1. The van der Waals surface area contributed by atoms with E-state index in [2.05, 4.69) is 0 Å². The van der Waals surface area contributed by atoms with Gasteiger partial charge >= 0.3 is 0 Å². The zero-order valence-corrected chi connectivity index (χ0v) is 10.6. The Morgan fingerprint density at radius 3 is 2.60 bits per heavy atom. The molecule has 1 heterocycles. The summed E-state index contributed by atoms with van der Waals surface area (Å²) in [5.41, 5.74) is 0.913. The molecule has 0 saturated heterocycles. The Bertz CT molecular complexity index is 685. The maximum atomic E-state index is 12.4. The van der Waals surface area contributed by atoms with E-state index in [0.29, 0.717) is 17.0 Å². The molecule has 0 unspecified atom stereocenters. The number of quaternary nitrogens is 1. The predicted octanol–water partition coefficient (Wildman–Crippen LogP) is 1.58. The van der Waals surface area contributed by atoms with E-state index in [1.807, 2.05) is 0 Å². The van der Waals surface area contributed by atoms with Crippen LogP contribution in [-0.2, 0) is 0 Å². The largest absolute Gasteiger partial charge is 0.628 e. The van der Waals surface area contributed by atoms with Gasteiger partial charge in [-0.15, -0.1) is 0 Å². The molecule has 1 N–H and O–H groups in total. The highest BCUT2D eigenvalue weighted by Crippen LogP contribution is 2.38. The minimum absolute atomic E-state index is 0.0291. The van der Waals surface area contributed by atoms with Crippen molar-refractivity contribution in [3.05, 3.63) is 58.4 Å². The number of benzene rings is 2. The second-order valence-electron chi connectivity index (χ2n) is 4.43. The van der Waals surface area contributed by atoms with Crippen LogP contribution >= 0.6 is 0 Å². The minimum Gasteiger partial charge on any atom is -0.628 e. The van der Waals surface area contributed by atoms with Gasteiger partial charge < -0.3 is 25.3 Å². The Morgan fingerprint density at radius 1 is 1.10 bits per heavy atom. The van der Waals surface area contributed by atoms with E-state index < -0.39 is 5.23 Å². The Morgan fingerprint density at radius 2 is 1.85 bits per heavy atom. The molecule has 0 fully saturated rings. The van der Waals surface area contributed by atoms with Gasteiger partial charge in [-0.05, 0) is 18.2 Å². The van der Waals surface area contributed by atoms with Gasteiger partial charge in [0.25, 0.3) is 5.91 Å². The Labute approximate surface area is 115 Å². The monoisotopic (exact) mass is 271 g/mol. The van der Waals surface area contributed by atoms with Crippen LogP contribution in [0.1, 0.15) is 10.4 Å². The topological polar surface area (TPSA) is 80.1 Å². The molecule has 0 aromatic heterocycles. The fourth-order valence-electron chi connectivity index (χ4n) is 2.14. The number of carbonyl (C=O) groups is 1. The number of rotatable bonds is 1. The second kappa shape index (κ2) is 4.61. The van der Waals surface area contributed by atoms with E-state index >= 15 is 0 Å². The molecule has 0 aliphatic carbocycles. The van der Waals surface area contributed by atoms with Crippen LogP contribution in [0.3, 0.4) is 0 Å². The molecule has 102 valence electrons. The van der Waals surface area contributed by atoms with Crippen LogP contribution < -0.4 is 14.9 Å². The first-order chi connectivity index (χ1) is 9.58. The fourth-order valence-corrected chi connectivity index (χ4v) is 2.14. The van der Waals surface area contributed by atoms with Crippen molar-refractivity contribution in [3.8, 4) is 11.5 Å². The zero-order valence-electron chi connectivity index (χ0n) is 10.6. The van der Waals surface area contributed by atoms with E-state index in [9.17, 15) is 15.2 Å². The van der Waals surface area contributed by atoms with Crippen molar-refractivity contribution in [2.75, 3.05) is 11.9 Å². The Balaban J connectivity index is 2.18. The van der Waals surface area contributed by atoms with Crippen molar-refractivity contribution in [2.45, 2.75) is 0 Å². The highest BCUT2D eigenvalue weighted by Gasteiger charge is 2.25. The standard InChI is InChI=1S/C14H11N2O4/c1-15-11-4-2-3-5-12(11)20-13-8-9(16(18)19)6-7-10(13)14(15)17/h2-8,16H,1H3/q-1. The number of ether oxygens (including phenoxy) is 1. The molecule has 0 radical (unpaired) electrons. The number of hydrogen-bond donors (Lipinski definition) is 1. The lowest BCUT2D eigenvalue weighted by atomic mass is 10.1. The molecule has 1 amide bonds. The smallest absolute Gasteiger partial charge is 0.261 e. The van der Waals surface area contributed by atoms with Crippen LogP contribution in [0.2, 0.25) is 0 Å². The summed E-state index contributed by atoms with van der Waals surface area (Å²) >= 11 is 0. The fraction of sp³-hybridized carbons (Fsp3) is 0.0714. The SMILES string of the molecule is CN1C(=O)c2ccc([NH+]([O-])[O-])cc2Oc2ccccc21. The number of nitrogens with zero attached hydrogens (tertiary/aromatic N) is 1. The zero-order chi connectivity index (χ0) is 14.3. The van der Waals surface area contributed by atoms with Crippen molar-refractivity contribution >= 4 is 17.3 Å². The molecule has 0 spiro atoms. The van der Waals surface area contributed by atoms with Crippen LogP contribution in [0.15, 0.2) is 42.5 Å². The van der Waals surface area contributed by atoms with Crippen LogP contribution in [0.25, 0.3) is 0 Å². The summed E-state index contributed by atoms with van der Waals surface area (Å²) in [6.07, 6.45) is 0. The van der Waals surface area contributed by atoms with Gasteiger partial charge in [0.15, 0.2) is 5.75 Å². The number of para-hydroxylation sites is 2. The molecule has 2 aromatic carbocycles. The second-order valence-corrected chi connectivity index (χ2v) is 4.43. The van der Waals surface area contributed by atoms with Gasteiger partial charge in [-0.3, -0.25) is 4.79 Å². The van der Waals surface area contributed by atoms with Crippen molar-refractivity contribution in [1.82, 2.24) is 0 Å². The Kier molecular flexibility index (Phi) is 2.90. The molecule has 0 bridgehead atoms. The van der Waals surface area contributed by atoms with Crippen LogP contribution in [-0.4, -0.2) is 13.0 Å². The highest BCUT2D eigenvalue weighted by atomic mass is 16.8. The number of carbonyl (C=O) groups excluding carboxylic acids is 1. The van der Waals surface area contributed by atoms with Gasteiger partial charge in [0.1, 0.15) is 11.4 Å². The summed E-state index contributed by atoms with van der Waals surface area (Å²) in [6, 6.07) is 11.1. The van der Waals surface area contributed by atoms with E-state index in [0.717, 1.165) is 0 Å². The normalized spacial score (nSPS) is 13.6. The summed E-state index contributed by atoms with van der Waals surface area (Å²) in [5, 5.41) is 20.5. The van der Waals surface area contributed by atoms with Crippen LogP contribution in [0.4, 0.5) is 11.4 Å². The number of anilines is 1. The lowest BCUT2D eigenvalue weighted by molar-refractivity contribution is -0.715. The molecule has 1 aliphatic rings. The lowest BCUT2D eigenvalue weighted by Gasteiger charge is -2.25. The minimum atomic E-state index is -1.31. The van der Waals surface area contributed by atoms with Crippen molar-refractivity contribution in [3.63, 3.8) is 0 Å². The summed E-state index contributed by atoms with van der Waals surface area (Å²) in [7, 11) is 1.65. The molecule has 2 aromatic rings. The Hall–Kier alpha value is -2.41. The highest BCUT2D eigenvalue weighted by molar-refractivity contribution is 6.09. The summed E-state index contributed by atoms with van der Waals surface area (Å²) < 4.78 is 5.68. The first kappa shape index (κ1) is 12.6. The van der Waals surface area contributed by atoms with Crippen molar-refractivity contribution in [2.24, 2.45) is 0 Å². The van der Waals surface area contributed by atoms with Gasteiger partial charge in [0, 0.05) is 19.2 Å². The van der Waals surface area contributed by atoms with Gasteiger partial charge in [-0.25, -0.2) is 0 Å². The van der Waals surface area contributed by atoms with Crippen LogP contribution in [0, 0.1) is 10.4 Å². The van der Waals surface area contributed by atoms with Gasteiger partial charge in [-0.2, -0.15) is 0 Å². The lowest BCUT2D eigenvalue weighted by Crippen LogP contribution is -2.96. The van der Waals surface area contributed by atoms with Gasteiger partial charge in [-0.1, -0.05) is 12.1 Å². The molecule has 0 atom stereocenters. The molecule has 6 heteroatoms. The third-order valence-corrected chi connectivity index (χ3v) is 3.20. The van der Waals surface area contributed by atoms with Gasteiger partial charge in [0.2, 0.25) is 0 Å². The average molecular weight is 271 g/mol. The first-order valence-corrected chi connectivity index (χ1v) is 5.98. The van der Waals surface area contributed by atoms with Crippen molar-refractivity contribution in [1.29, 1.82) is 0 Å². The molecule has 6 nitrogen and oxygen atoms in total. The third kappa shape index (κ3) is 1.92. The number of hydrogen-bond acceptors (Lipinski definition) is 4. The number of fused-ring (bicyclic) bond motifs is 2. The molecular weight excluding hydrogens is 260 g/mol. The quantitative estimate of drug-likeness (QED) is 0.798. The van der Waals surface area contributed by atoms with Crippen molar-refractivity contribution < 1.29 is 14.8 Å². The third-order valence-electron chi connectivity index (χ3n) is 3.20. The first-order valence-electron chi connectivity index (χ1n) is 5.98. The van der Waals surface area contributed by atoms with Crippen LogP contribution in [0.5, 0.6) is 11.5 Å². The van der Waals surface area contributed by atoms with E-state index in [-0.39, 0.29) is 17.3 Å².